The quantitative estimate of drug-likeness (QED) is 0.626. The summed E-state index contributed by atoms with van der Waals surface area (Å²) in [6.45, 7) is 1.46. The number of benzene rings is 2. The Morgan fingerprint density at radius 1 is 1.21 bits per heavy atom. The molecule has 0 heterocycles. The molecule has 0 aliphatic carbocycles. The smallest absolute Gasteiger partial charge is 0.273 e. The van der Waals surface area contributed by atoms with Crippen molar-refractivity contribution in [2.45, 2.75) is 11.8 Å². The standard InChI is InChI=1S/C14H12FN3O5S/c1-9-6-7-10(8-13(9)18(20)21)24(22,23)17-16-14(19)11-4-2-3-5-12(11)15/h2-8,17H,1H3,(H,16,19). The number of sulfonamides is 1. The normalized spacial score (nSPS) is 11.1. The van der Waals surface area contributed by atoms with Crippen LogP contribution in [0.1, 0.15) is 15.9 Å². The molecule has 8 nitrogen and oxygen atoms in total. The van der Waals surface area contributed by atoms with E-state index in [1.54, 1.807) is 4.83 Å². The summed E-state index contributed by atoms with van der Waals surface area (Å²) in [4.78, 5) is 23.3. The molecule has 0 radical (unpaired) electrons. The molecule has 2 N–H and O–H groups in total. The maximum Gasteiger partial charge on any atom is 0.273 e. The van der Waals surface area contributed by atoms with Gasteiger partial charge < -0.3 is 0 Å². The average molecular weight is 353 g/mol. The number of nitrogens with zero attached hydrogens (tertiary/aromatic N) is 1. The first-order valence-electron chi connectivity index (χ1n) is 6.54. The van der Waals surface area contributed by atoms with Crippen LogP contribution in [0.15, 0.2) is 47.4 Å². The van der Waals surface area contributed by atoms with Crippen molar-refractivity contribution in [2.75, 3.05) is 0 Å². The first kappa shape index (κ1) is 17.5. The van der Waals surface area contributed by atoms with E-state index in [2.05, 4.69) is 0 Å². The van der Waals surface area contributed by atoms with Crippen LogP contribution >= 0.6 is 0 Å². The lowest BCUT2D eigenvalue weighted by Gasteiger charge is -2.09. The summed E-state index contributed by atoms with van der Waals surface area (Å²) in [5.74, 6) is -1.82. The second kappa shape index (κ2) is 6.72. The molecule has 0 unspecified atom stereocenters. The van der Waals surface area contributed by atoms with Gasteiger partial charge in [-0.1, -0.05) is 18.2 Å². The lowest BCUT2D eigenvalue weighted by Crippen LogP contribution is -2.41. The largest absolute Gasteiger partial charge is 0.273 e. The van der Waals surface area contributed by atoms with Crippen molar-refractivity contribution < 1.29 is 22.5 Å². The lowest BCUT2D eigenvalue weighted by atomic mass is 10.2. The first-order chi connectivity index (χ1) is 11.2. The summed E-state index contributed by atoms with van der Waals surface area (Å²) >= 11 is 0. The van der Waals surface area contributed by atoms with E-state index in [0.29, 0.717) is 0 Å². The third-order valence-corrected chi connectivity index (χ3v) is 4.35. The van der Waals surface area contributed by atoms with Gasteiger partial charge in [-0.15, -0.1) is 4.83 Å². The Morgan fingerprint density at radius 3 is 2.50 bits per heavy atom. The number of rotatable bonds is 5. The zero-order valence-electron chi connectivity index (χ0n) is 12.3. The number of amides is 1. The molecule has 0 atom stereocenters. The Balaban J connectivity index is 2.20. The van der Waals surface area contributed by atoms with Crippen LogP contribution in [0, 0.1) is 22.9 Å². The van der Waals surface area contributed by atoms with Crippen LogP contribution in [-0.4, -0.2) is 19.2 Å². The molecule has 24 heavy (non-hydrogen) atoms. The average Bonchev–Trinajstić information content (AvgIpc) is 2.53. The van der Waals surface area contributed by atoms with Gasteiger partial charge in [0.25, 0.3) is 21.6 Å². The molecule has 0 spiro atoms. The van der Waals surface area contributed by atoms with E-state index >= 15 is 0 Å². The Bertz CT molecular complexity index is 914. The van der Waals surface area contributed by atoms with Gasteiger partial charge in [-0.05, 0) is 25.1 Å². The monoisotopic (exact) mass is 353 g/mol. The highest BCUT2D eigenvalue weighted by atomic mass is 32.2. The highest BCUT2D eigenvalue weighted by Gasteiger charge is 2.21. The minimum atomic E-state index is -4.26. The number of hydrazine groups is 1. The molecule has 0 aliphatic rings. The maximum absolute atomic E-state index is 13.5. The molecule has 2 aromatic carbocycles. The van der Waals surface area contributed by atoms with Crippen LogP contribution in [0.3, 0.4) is 0 Å². The number of carbonyl (C=O) groups excluding carboxylic acids is 1. The minimum Gasteiger partial charge on any atom is -0.273 e. The van der Waals surface area contributed by atoms with Crippen LogP contribution in [0.25, 0.3) is 0 Å². The summed E-state index contributed by atoms with van der Waals surface area (Å²) in [6.07, 6.45) is 0. The molecule has 2 rings (SSSR count). The van der Waals surface area contributed by atoms with E-state index in [-0.39, 0.29) is 16.8 Å². The lowest BCUT2D eigenvalue weighted by molar-refractivity contribution is -0.385. The van der Waals surface area contributed by atoms with E-state index < -0.39 is 31.6 Å². The number of nitro benzene ring substituents is 1. The van der Waals surface area contributed by atoms with Gasteiger partial charge in [-0.25, -0.2) is 12.8 Å². The molecule has 0 fully saturated rings. The SMILES string of the molecule is Cc1ccc(S(=O)(=O)NNC(=O)c2ccccc2F)cc1[N+](=O)[O-]. The molecule has 0 bridgehead atoms. The summed E-state index contributed by atoms with van der Waals surface area (Å²) in [7, 11) is -4.26. The van der Waals surface area contributed by atoms with Crippen molar-refractivity contribution in [3.8, 4) is 0 Å². The van der Waals surface area contributed by atoms with Gasteiger partial charge in [0.05, 0.1) is 15.4 Å². The molecular formula is C14H12FN3O5S. The molecule has 1 amide bonds. The molecule has 0 aromatic heterocycles. The number of halogens is 1. The Kier molecular flexibility index (Phi) is 4.90. The van der Waals surface area contributed by atoms with Gasteiger partial charge >= 0.3 is 0 Å². The summed E-state index contributed by atoms with van der Waals surface area (Å²) in [5, 5.41) is 10.9. The number of aryl methyl sites for hydroxylation is 1. The Labute approximate surface area is 136 Å². The number of nitrogens with one attached hydrogen (secondary N) is 2. The summed E-state index contributed by atoms with van der Waals surface area (Å²) < 4.78 is 37.6. The molecule has 10 heteroatoms. The van der Waals surface area contributed by atoms with Gasteiger partial charge in [0, 0.05) is 11.6 Å². The van der Waals surface area contributed by atoms with Gasteiger partial charge in [-0.2, -0.15) is 0 Å². The van der Waals surface area contributed by atoms with Crippen molar-refractivity contribution in [3.63, 3.8) is 0 Å². The van der Waals surface area contributed by atoms with E-state index in [1.807, 2.05) is 5.43 Å². The number of carbonyl (C=O) groups is 1. The van der Waals surface area contributed by atoms with Crippen molar-refractivity contribution in [1.29, 1.82) is 0 Å². The highest BCUT2D eigenvalue weighted by Crippen LogP contribution is 2.21. The van der Waals surface area contributed by atoms with E-state index in [1.165, 1.54) is 31.2 Å². The second-order valence-electron chi connectivity index (χ2n) is 4.74. The van der Waals surface area contributed by atoms with E-state index in [4.69, 9.17) is 0 Å². The molecule has 2 aromatic rings. The van der Waals surface area contributed by atoms with E-state index in [9.17, 15) is 27.7 Å². The predicted octanol–water partition coefficient (Wildman–Crippen LogP) is 1.67. The van der Waals surface area contributed by atoms with Crippen molar-refractivity contribution in [3.05, 3.63) is 69.5 Å². The van der Waals surface area contributed by atoms with Crippen LogP contribution < -0.4 is 10.3 Å². The van der Waals surface area contributed by atoms with Gasteiger partial charge in [0.2, 0.25) is 0 Å². The molecule has 0 saturated heterocycles. The van der Waals surface area contributed by atoms with Gasteiger partial charge in [0.15, 0.2) is 0 Å². The fourth-order valence-corrected chi connectivity index (χ4v) is 2.70. The zero-order chi connectivity index (χ0) is 17.9. The summed E-state index contributed by atoms with van der Waals surface area (Å²) in [5.41, 5.74) is 1.41. The van der Waals surface area contributed by atoms with Crippen LogP contribution in [0.4, 0.5) is 10.1 Å². The van der Waals surface area contributed by atoms with Crippen molar-refractivity contribution >= 4 is 21.6 Å². The fourth-order valence-electron chi connectivity index (χ4n) is 1.84. The molecule has 0 saturated carbocycles. The zero-order valence-corrected chi connectivity index (χ0v) is 13.1. The highest BCUT2D eigenvalue weighted by molar-refractivity contribution is 7.89. The third kappa shape index (κ3) is 3.73. The van der Waals surface area contributed by atoms with Crippen LogP contribution in [-0.2, 0) is 10.0 Å². The number of nitro groups is 1. The topological polar surface area (TPSA) is 118 Å². The second-order valence-corrected chi connectivity index (χ2v) is 6.43. The Morgan fingerprint density at radius 2 is 1.88 bits per heavy atom. The van der Waals surface area contributed by atoms with E-state index in [0.717, 1.165) is 18.2 Å². The third-order valence-electron chi connectivity index (χ3n) is 3.11. The summed E-state index contributed by atoms with van der Waals surface area (Å²) in [6, 6.07) is 8.30. The molecular weight excluding hydrogens is 341 g/mol. The van der Waals surface area contributed by atoms with Gasteiger partial charge in [0.1, 0.15) is 5.82 Å². The first-order valence-corrected chi connectivity index (χ1v) is 8.02. The molecule has 126 valence electrons. The van der Waals surface area contributed by atoms with Crippen LogP contribution in [0.2, 0.25) is 0 Å². The number of hydrogen-bond acceptors (Lipinski definition) is 5. The predicted molar refractivity (Wildman–Crippen MR) is 82.0 cm³/mol. The maximum atomic E-state index is 13.5. The van der Waals surface area contributed by atoms with Gasteiger partial charge in [-0.3, -0.25) is 20.3 Å². The minimum absolute atomic E-state index is 0.286. The van der Waals surface area contributed by atoms with Crippen LogP contribution in [0.5, 0.6) is 0 Å². The molecule has 0 aliphatic heterocycles. The van der Waals surface area contributed by atoms with Crippen molar-refractivity contribution in [2.24, 2.45) is 0 Å². The van der Waals surface area contributed by atoms with Crippen molar-refractivity contribution in [1.82, 2.24) is 10.3 Å². The number of hydrogen-bond donors (Lipinski definition) is 2. The Hall–Kier alpha value is -2.85. The fraction of sp³-hybridized carbons (Fsp3) is 0.0714.